The van der Waals surface area contributed by atoms with E-state index in [0.717, 1.165) is 0 Å². The maximum Gasteiger partial charge on any atom is 0.404 e. The summed E-state index contributed by atoms with van der Waals surface area (Å²) in [5.74, 6) is -4.38. The first-order valence-corrected chi connectivity index (χ1v) is 4.25. The topological polar surface area (TPSA) is 55.8 Å². The molecule has 90 valence electrons. The zero-order valence-electron chi connectivity index (χ0n) is 8.21. The Kier molecular flexibility index (Phi) is 6.26. The Balaban J connectivity index is 3.84. The first-order chi connectivity index (χ1) is 6.89. The van der Waals surface area contributed by atoms with Gasteiger partial charge in [0.2, 0.25) is 0 Å². The van der Waals surface area contributed by atoms with Gasteiger partial charge in [-0.1, -0.05) is 0 Å². The van der Waals surface area contributed by atoms with E-state index in [1.54, 1.807) is 0 Å². The van der Waals surface area contributed by atoms with Gasteiger partial charge in [0.25, 0.3) is 0 Å². The van der Waals surface area contributed by atoms with Crippen LogP contribution < -0.4 is 0 Å². The summed E-state index contributed by atoms with van der Waals surface area (Å²) < 4.78 is 45.4. The molecule has 0 bridgehead atoms. The third-order valence-corrected chi connectivity index (χ3v) is 1.61. The maximum atomic E-state index is 12.1. The van der Waals surface area contributed by atoms with E-state index >= 15 is 0 Å². The van der Waals surface area contributed by atoms with Gasteiger partial charge < -0.3 is 14.6 Å². The molecule has 0 spiro atoms. The van der Waals surface area contributed by atoms with Crippen LogP contribution in [0.3, 0.4) is 0 Å². The van der Waals surface area contributed by atoms with Crippen molar-refractivity contribution in [2.45, 2.75) is 12.6 Å². The van der Waals surface area contributed by atoms with Crippen molar-refractivity contribution in [3.8, 4) is 0 Å². The van der Waals surface area contributed by atoms with Crippen molar-refractivity contribution in [1.82, 2.24) is 0 Å². The summed E-state index contributed by atoms with van der Waals surface area (Å²) in [6, 6.07) is 0. The minimum absolute atomic E-state index is 0.0493. The van der Waals surface area contributed by atoms with Crippen LogP contribution in [0.2, 0.25) is 0 Å². The standard InChI is InChI=1S/C8H13F3O4/c1-14-3-2-4-15-5-6(7(12)13)8(9,10)11/h6H,2-5H2,1H3,(H,12,13). The Morgan fingerprint density at radius 2 is 2.00 bits per heavy atom. The van der Waals surface area contributed by atoms with E-state index in [4.69, 9.17) is 5.11 Å². The zero-order valence-corrected chi connectivity index (χ0v) is 8.21. The highest BCUT2D eigenvalue weighted by Crippen LogP contribution is 2.26. The van der Waals surface area contributed by atoms with Crippen molar-refractivity contribution < 1.29 is 32.5 Å². The second-order valence-electron chi connectivity index (χ2n) is 2.85. The third-order valence-electron chi connectivity index (χ3n) is 1.61. The molecule has 1 atom stereocenters. The molecule has 0 radical (unpaired) electrons. The van der Waals surface area contributed by atoms with E-state index in [1.165, 1.54) is 7.11 Å². The largest absolute Gasteiger partial charge is 0.481 e. The molecule has 0 fully saturated rings. The Morgan fingerprint density at radius 1 is 1.40 bits per heavy atom. The Hall–Kier alpha value is -0.820. The molecule has 0 saturated carbocycles. The first kappa shape index (κ1) is 14.2. The number of hydrogen-bond donors (Lipinski definition) is 1. The molecule has 0 amide bonds. The van der Waals surface area contributed by atoms with E-state index in [1.807, 2.05) is 0 Å². The Labute approximate surface area is 85.0 Å². The SMILES string of the molecule is COCCCOCC(C(=O)O)C(F)(F)F. The van der Waals surface area contributed by atoms with Crippen molar-refractivity contribution in [2.75, 3.05) is 26.9 Å². The summed E-state index contributed by atoms with van der Waals surface area (Å²) in [4.78, 5) is 10.2. The molecule has 0 aliphatic heterocycles. The molecule has 0 rings (SSSR count). The quantitative estimate of drug-likeness (QED) is 0.670. The smallest absolute Gasteiger partial charge is 0.404 e. The second-order valence-corrected chi connectivity index (χ2v) is 2.85. The van der Waals surface area contributed by atoms with Crippen LogP contribution in [-0.4, -0.2) is 44.2 Å². The van der Waals surface area contributed by atoms with E-state index in [-0.39, 0.29) is 6.61 Å². The van der Waals surface area contributed by atoms with E-state index in [2.05, 4.69) is 9.47 Å². The minimum Gasteiger partial charge on any atom is -0.481 e. The molecule has 1 N–H and O–H groups in total. The van der Waals surface area contributed by atoms with Gasteiger partial charge in [0.15, 0.2) is 5.92 Å². The van der Waals surface area contributed by atoms with Crippen LogP contribution in [0, 0.1) is 5.92 Å². The van der Waals surface area contributed by atoms with Gasteiger partial charge in [-0.15, -0.1) is 0 Å². The molecule has 0 saturated heterocycles. The van der Waals surface area contributed by atoms with Crippen LogP contribution >= 0.6 is 0 Å². The van der Waals surface area contributed by atoms with Crippen molar-refractivity contribution in [3.63, 3.8) is 0 Å². The zero-order chi connectivity index (χ0) is 11.9. The van der Waals surface area contributed by atoms with Crippen molar-refractivity contribution in [3.05, 3.63) is 0 Å². The molecule has 0 heterocycles. The monoisotopic (exact) mass is 230 g/mol. The number of rotatable bonds is 7. The van der Waals surface area contributed by atoms with E-state index in [0.29, 0.717) is 13.0 Å². The predicted octanol–water partition coefficient (Wildman–Crippen LogP) is 1.30. The highest BCUT2D eigenvalue weighted by atomic mass is 19.4. The summed E-state index contributed by atoms with van der Waals surface area (Å²) in [5.41, 5.74) is 0. The fourth-order valence-electron chi connectivity index (χ4n) is 0.812. The van der Waals surface area contributed by atoms with Gasteiger partial charge in [0, 0.05) is 20.3 Å². The number of carbonyl (C=O) groups is 1. The van der Waals surface area contributed by atoms with Gasteiger partial charge in [-0.2, -0.15) is 13.2 Å². The summed E-state index contributed by atoms with van der Waals surface area (Å²) in [6.45, 7) is -0.444. The van der Waals surface area contributed by atoms with Crippen molar-refractivity contribution >= 4 is 5.97 Å². The molecule has 0 aromatic rings. The first-order valence-electron chi connectivity index (χ1n) is 4.25. The highest BCUT2D eigenvalue weighted by molar-refractivity contribution is 5.71. The summed E-state index contributed by atoms with van der Waals surface area (Å²) in [7, 11) is 1.45. The van der Waals surface area contributed by atoms with Crippen LogP contribution in [0.5, 0.6) is 0 Å². The van der Waals surface area contributed by atoms with Crippen LogP contribution in [0.25, 0.3) is 0 Å². The van der Waals surface area contributed by atoms with Crippen LogP contribution in [0.1, 0.15) is 6.42 Å². The number of halogens is 3. The number of ether oxygens (including phenoxy) is 2. The molecule has 4 nitrogen and oxygen atoms in total. The maximum absolute atomic E-state index is 12.1. The van der Waals surface area contributed by atoms with Gasteiger partial charge in [0.05, 0.1) is 6.61 Å². The predicted molar refractivity (Wildman–Crippen MR) is 44.5 cm³/mol. The highest BCUT2D eigenvalue weighted by Gasteiger charge is 2.45. The Bertz CT molecular complexity index is 193. The van der Waals surface area contributed by atoms with Gasteiger partial charge in [-0.3, -0.25) is 4.79 Å². The lowest BCUT2D eigenvalue weighted by Crippen LogP contribution is -2.34. The molecule has 0 aliphatic rings. The lowest BCUT2D eigenvalue weighted by atomic mass is 10.1. The Morgan fingerprint density at radius 3 is 2.40 bits per heavy atom. The summed E-state index contributed by atoms with van der Waals surface area (Å²) in [6.07, 6.45) is -4.34. The normalized spacial score (nSPS) is 13.9. The number of aliphatic carboxylic acids is 1. The number of methoxy groups -OCH3 is 1. The van der Waals surface area contributed by atoms with E-state index < -0.39 is 24.7 Å². The fraction of sp³-hybridized carbons (Fsp3) is 0.875. The van der Waals surface area contributed by atoms with Gasteiger partial charge in [0.1, 0.15) is 0 Å². The number of carboxylic acids is 1. The van der Waals surface area contributed by atoms with Crippen molar-refractivity contribution in [1.29, 1.82) is 0 Å². The molecule has 0 aliphatic carbocycles. The fourth-order valence-corrected chi connectivity index (χ4v) is 0.812. The molecule has 0 aromatic heterocycles. The van der Waals surface area contributed by atoms with Crippen molar-refractivity contribution in [2.24, 2.45) is 5.92 Å². The average Bonchev–Trinajstić information content (AvgIpc) is 2.08. The number of alkyl halides is 3. The molecule has 15 heavy (non-hydrogen) atoms. The molecular weight excluding hydrogens is 217 g/mol. The van der Waals surface area contributed by atoms with Crippen LogP contribution in [0.15, 0.2) is 0 Å². The van der Waals surface area contributed by atoms with Crippen LogP contribution in [0.4, 0.5) is 13.2 Å². The lowest BCUT2D eigenvalue weighted by molar-refractivity contribution is -0.202. The molecule has 1 unspecified atom stereocenters. The van der Waals surface area contributed by atoms with E-state index in [9.17, 15) is 18.0 Å². The summed E-state index contributed by atoms with van der Waals surface area (Å²) >= 11 is 0. The van der Waals surface area contributed by atoms with Gasteiger partial charge in [-0.25, -0.2) is 0 Å². The number of hydrogen-bond acceptors (Lipinski definition) is 3. The molecule has 0 aromatic carbocycles. The van der Waals surface area contributed by atoms with Crippen LogP contribution in [-0.2, 0) is 14.3 Å². The third kappa shape index (κ3) is 6.29. The lowest BCUT2D eigenvalue weighted by Gasteiger charge is -2.15. The summed E-state index contributed by atoms with van der Waals surface area (Å²) in [5, 5.41) is 8.29. The van der Waals surface area contributed by atoms with Gasteiger partial charge >= 0.3 is 12.1 Å². The minimum atomic E-state index is -4.77. The average molecular weight is 230 g/mol. The molecular formula is C8H13F3O4. The second kappa shape index (κ2) is 6.62. The number of carboxylic acid groups (broad SMARTS) is 1. The van der Waals surface area contributed by atoms with Gasteiger partial charge in [-0.05, 0) is 6.42 Å². The molecule has 7 heteroatoms.